The molecule has 1 heterocycles. The first-order chi connectivity index (χ1) is 17.6. The Morgan fingerprint density at radius 2 is 1.53 bits per heavy atom. The summed E-state index contributed by atoms with van der Waals surface area (Å²) in [7, 11) is 1.32. The largest absolute Gasteiger partial charge is 0.467 e. The van der Waals surface area contributed by atoms with E-state index in [4.69, 9.17) is 9.47 Å². The Balaban J connectivity index is 1.36. The van der Waals surface area contributed by atoms with Crippen molar-refractivity contribution >= 4 is 18.0 Å². The van der Waals surface area contributed by atoms with E-state index >= 15 is 0 Å². The van der Waals surface area contributed by atoms with Gasteiger partial charge in [-0.1, -0.05) is 78.9 Å². The second-order valence-electron chi connectivity index (χ2n) is 9.05. The Bertz CT molecular complexity index is 1230. The summed E-state index contributed by atoms with van der Waals surface area (Å²) in [6, 6.07) is 23.5. The lowest BCUT2D eigenvalue weighted by molar-refractivity contribution is -0.146. The molecule has 36 heavy (non-hydrogen) atoms. The number of esters is 1. The summed E-state index contributed by atoms with van der Waals surface area (Å²) in [5, 5.41) is 2.93. The monoisotopic (exact) mass is 484 g/mol. The van der Waals surface area contributed by atoms with Crippen molar-refractivity contribution in [3.8, 4) is 11.1 Å². The van der Waals surface area contributed by atoms with Crippen molar-refractivity contribution < 1.29 is 23.9 Å². The van der Waals surface area contributed by atoms with Crippen molar-refractivity contribution in [1.29, 1.82) is 0 Å². The molecule has 3 aromatic rings. The fourth-order valence-electron chi connectivity index (χ4n) is 5.27. The van der Waals surface area contributed by atoms with Gasteiger partial charge in [-0.2, -0.15) is 0 Å². The van der Waals surface area contributed by atoms with Crippen LogP contribution < -0.4 is 5.32 Å². The van der Waals surface area contributed by atoms with Crippen LogP contribution in [0.15, 0.2) is 78.9 Å². The molecule has 2 atom stereocenters. The van der Waals surface area contributed by atoms with Gasteiger partial charge in [-0.25, -0.2) is 9.59 Å². The van der Waals surface area contributed by atoms with Gasteiger partial charge in [-0.3, -0.25) is 9.69 Å². The van der Waals surface area contributed by atoms with Crippen LogP contribution in [0.5, 0.6) is 0 Å². The second-order valence-corrected chi connectivity index (χ2v) is 9.05. The average Bonchev–Trinajstić information content (AvgIpc) is 3.54. The summed E-state index contributed by atoms with van der Waals surface area (Å²) >= 11 is 0. The van der Waals surface area contributed by atoms with Crippen LogP contribution in [-0.4, -0.2) is 48.6 Å². The van der Waals surface area contributed by atoms with Crippen molar-refractivity contribution in [1.82, 2.24) is 10.2 Å². The Morgan fingerprint density at radius 1 is 0.917 bits per heavy atom. The minimum atomic E-state index is -0.935. The summed E-state index contributed by atoms with van der Waals surface area (Å²) in [5.74, 6) is -1.31. The molecular formula is C29H28N2O5. The molecule has 1 aliphatic heterocycles. The van der Waals surface area contributed by atoms with Crippen LogP contribution in [-0.2, 0) is 25.7 Å². The molecule has 5 rings (SSSR count). The number of amides is 2. The molecule has 1 aliphatic carbocycles. The number of carbonyl (C=O) groups is 3. The van der Waals surface area contributed by atoms with Gasteiger partial charge >= 0.3 is 12.1 Å². The molecule has 0 spiro atoms. The molecule has 0 unspecified atom stereocenters. The minimum Gasteiger partial charge on any atom is -0.467 e. The zero-order valence-electron chi connectivity index (χ0n) is 20.1. The number of nitrogens with zero attached hydrogens (tertiary/aromatic N) is 1. The zero-order chi connectivity index (χ0) is 25.1. The van der Waals surface area contributed by atoms with Crippen LogP contribution in [0.4, 0.5) is 4.79 Å². The van der Waals surface area contributed by atoms with Crippen molar-refractivity contribution in [2.75, 3.05) is 13.7 Å². The SMILES string of the molecule is COC(=O)[C@H](NC(=O)[C@H]1CCCN1C(=O)OCc1ccccc1)C1c2ccccc2-c2ccccc21. The molecule has 0 radical (unpaired) electrons. The van der Waals surface area contributed by atoms with E-state index < -0.39 is 30.1 Å². The van der Waals surface area contributed by atoms with Crippen molar-refractivity contribution in [3.63, 3.8) is 0 Å². The van der Waals surface area contributed by atoms with E-state index in [1.54, 1.807) is 0 Å². The van der Waals surface area contributed by atoms with Crippen molar-refractivity contribution in [2.24, 2.45) is 0 Å². The number of likely N-dealkylation sites (tertiary alicyclic amines) is 1. The van der Waals surface area contributed by atoms with Crippen molar-refractivity contribution in [3.05, 3.63) is 95.6 Å². The first-order valence-corrected chi connectivity index (χ1v) is 12.1. The molecule has 2 amide bonds. The Morgan fingerprint density at radius 3 is 2.17 bits per heavy atom. The van der Waals surface area contributed by atoms with Gasteiger partial charge in [0.2, 0.25) is 5.91 Å². The van der Waals surface area contributed by atoms with E-state index in [1.165, 1.54) is 12.0 Å². The first kappa shape index (κ1) is 23.6. The Kier molecular flexibility index (Phi) is 6.71. The van der Waals surface area contributed by atoms with Crippen LogP contribution >= 0.6 is 0 Å². The molecule has 1 fully saturated rings. The summed E-state index contributed by atoms with van der Waals surface area (Å²) in [6.07, 6.45) is 0.636. The molecular weight excluding hydrogens is 456 g/mol. The fraction of sp³-hybridized carbons (Fsp3) is 0.276. The number of ether oxygens (including phenoxy) is 2. The minimum absolute atomic E-state index is 0.130. The van der Waals surface area contributed by atoms with Crippen LogP contribution in [0.25, 0.3) is 11.1 Å². The van der Waals surface area contributed by atoms with Gasteiger partial charge in [0.1, 0.15) is 18.7 Å². The summed E-state index contributed by atoms with van der Waals surface area (Å²) < 4.78 is 10.6. The highest BCUT2D eigenvalue weighted by molar-refractivity contribution is 5.92. The van der Waals surface area contributed by atoms with Gasteiger partial charge in [0.05, 0.1) is 7.11 Å². The summed E-state index contributed by atoms with van der Waals surface area (Å²) in [6.45, 7) is 0.550. The quantitative estimate of drug-likeness (QED) is 0.529. The maximum atomic E-state index is 13.5. The standard InChI is InChI=1S/C29H28N2O5/c1-35-28(33)26(25-22-14-7-5-12-20(22)21-13-6-8-15-23(21)25)30-27(32)24-16-9-17-31(24)29(34)36-18-19-10-3-2-4-11-19/h2-8,10-15,24-26H,9,16-18H2,1H3,(H,30,32)/t24-,26-/m1/s1. The van der Waals surface area contributed by atoms with E-state index in [0.29, 0.717) is 19.4 Å². The predicted molar refractivity (Wildman–Crippen MR) is 134 cm³/mol. The Labute approximate surface area is 210 Å². The van der Waals surface area contributed by atoms with Gasteiger partial charge in [0.15, 0.2) is 0 Å². The number of hydrogen-bond acceptors (Lipinski definition) is 5. The Hall–Kier alpha value is -4.13. The fourth-order valence-corrected chi connectivity index (χ4v) is 5.27. The maximum Gasteiger partial charge on any atom is 0.410 e. The third kappa shape index (κ3) is 4.44. The number of rotatable bonds is 6. The molecule has 1 N–H and O–H groups in total. The molecule has 7 nitrogen and oxygen atoms in total. The highest BCUT2D eigenvalue weighted by Crippen LogP contribution is 2.46. The average molecular weight is 485 g/mol. The second kappa shape index (κ2) is 10.2. The van der Waals surface area contributed by atoms with E-state index in [-0.39, 0.29) is 12.5 Å². The maximum absolute atomic E-state index is 13.5. The topological polar surface area (TPSA) is 84.9 Å². The third-order valence-electron chi connectivity index (χ3n) is 6.96. The molecule has 184 valence electrons. The molecule has 7 heteroatoms. The molecule has 1 saturated heterocycles. The van der Waals surface area contributed by atoms with Gasteiger partial charge in [-0.15, -0.1) is 0 Å². The van der Waals surface area contributed by atoms with E-state index in [9.17, 15) is 14.4 Å². The molecule has 0 bridgehead atoms. The van der Waals surface area contributed by atoms with Gasteiger partial charge in [0.25, 0.3) is 0 Å². The highest BCUT2D eigenvalue weighted by Gasteiger charge is 2.42. The number of benzene rings is 3. The highest BCUT2D eigenvalue weighted by atomic mass is 16.6. The van der Waals surface area contributed by atoms with Gasteiger partial charge in [0, 0.05) is 12.5 Å². The number of carbonyl (C=O) groups excluding carboxylic acids is 3. The number of hydrogen-bond donors (Lipinski definition) is 1. The van der Waals surface area contributed by atoms with Crippen LogP contribution in [0.1, 0.15) is 35.4 Å². The van der Waals surface area contributed by atoms with E-state index in [0.717, 1.165) is 27.8 Å². The molecule has 2 aliphatic rings. The summed E-state index contributed by atoms with van der Waals surface area (Å²) in [5.41, 5.74) is 4.86. The lowest BCUT2D eigenvalue weighted by Crippen LogP contribution is -2.53. The van der Waals surface area contributed by atoms with Gasteiger partial charge < -0.3 is 14.8 Å². The molecule has 0 aromatic heterocycles. The van der Waals surface area contributed by atoms with E-state index in [2.05, 4.69) is 5.32 Å². The number of fused-ring (bicyclic) bond motifs is 3. The number of methoxy groups -OCH3 is 1. The predicted octanol–water partition coefficient (Wildman–Crippen LogP) is 4.26. The zero-order valence-corrected chi connectivity index (χ0v) is 20.1. The third-order valence-corrected chi connectivity index (χ3v) is 6.96. The molecule has 3 aromatic carbocycles. The summed E-state index contributed by atoms with van der Waals surface area (Å²) in [4.78, 5) is 40.8. The van der Waals surface area contributed by atoms with Crippen LogP contribution in [0.3, 0.4) is 0 Å². The lowest BCUT2D eigenvalue weighted by atomic mass is 9.89. The van der Waals surface area contributed by atoms with Gasteiger partial charge in [-0.05, 0) is 40.7 Å². The van der Waals surface area contributed by atoms with E-state index in [1.807, 2.05) is 78.9 Å². The normalized spacial score (nSPS) is 17.1. The van der Waals surface area contributed by atoms with Crippen molar-refractivity contribution in [2.45, 2.75) is 37.5 Å². The number of nitrogens with one attached hydrogen (secondary N) is 1. The lowest BCUT2D eigenvalue weighted by Gasteiger charge is -2.28. The molecule has 0 saturated carbocycles. The first-order valence-electron chi connectivity index (χ1n) is 12.1. The van der Waals surface area contributed by atoms with Crippen LogP contribution in [0, 0.1) is 0 Å². The smallest absolute Gasteiger partial charge is 0.410 e. The van der Waals surface area contributed by atoms with Crippen LogP contribution in [0.2, 0.25) is 0 Å².